The summed E-state index contributed by atoms with van der Waals surface area (Å²) in [5.74, 6) is 1.64. The van der Waals surface area contributed by atoms with Gasteiger partial charge in [0, 0.05) is 6.04 Å². The summed E-state index contributed by atoms with van der Waals surface area (Å²) in [5.41, 5.74) is 7.14. The molecule has 0 aliphatic heterocycles. The van der Waals surface area contributed by atoms with Gasteiger partial charge in [0.15, 0.2) is 11.5 Å². The molecule has 0 radical (unpaired) electrons. The van der Waals surface area contributed by atoms with E-state index in [0.29, 0.717) is 0 Å². The normalized spacial score (nSPS) is 24.4. The van der Waals surface area contributed by atoms with Crippen molar-refractivity contribution in [3.8, 4) is 11.5 Å². The van der Waals surface area contributed by atoms with Crippen LogP contribution in [-0.4, -0.2) is 19.3 Å². The second-order valence-electron chi connectivity index (χ2n) is 4.82. The summed E-state index contributed by atoms with van der Waals surface area (Å²) < 4.78 is 11.3. The number of hydrogen-bond acceptors (Lipinski definition) is 3. The summed E-state index contributed by atoms with van der Waals surface area (Å²) in [6.07, 6.45) is 4.53. The average molecular weight is 235 g/mol. The van der Waals surface area contributed by atoms with Crippen molar-refractivity contribution >= 4 is 0 Å². The number of nitrogens with two attached hydrogens (primary N) is 1. The van der Waals surface area contributed by atoms with E-state index >= 15 is 0 Å². The van der Waals surface area contributed by atoms with Crippen LogP contribution in [0.4, 0.5) is 0 Å². The fraction of sp³-hybridized carbons (Fsp3) is 0.571. The van der Waals surface area contributed by atoms with E-state index in [2.05, 4.69) is 0 Å². The average Bonchev–Trinajstić information content (AvgIpc) is 2.31. The van der Waals surface area contributed by atoms with Crippen molar-refractivity contribution in [1.29, 1.82) is 0 Å². The third-order valence-corrected chi connectivity index (χ3v) is 3.28. The Morgan fingerprint density at radius 2 is 2.06 bits per heavy atom. The molecule has 1 aliphatic rings. The number of ether oxygens (including phenoxy) is 2. The zero-order valence-corrected chi connectivity index (χ0v) is 10.6. The molecule has 1 aromatic rings. The summed E-state index contributed by atoms with van der Waals surface area (Å²) in [4.78, 5) is 0. The summed E-state index contributed by atoms with van der Waals surface area (Å²) in [6, 6.07) is 6.30. The molecule has 0 heterocycles. The van der Waals surface area contributed by atoms with Crippen molar-refractivity contribution in [2.45, 2.75) is 44.8 Å². The van der Waals surface area contributed by atoms with E-state index in [1.54, 1.807) is 7.11 Å². The van der Waals surface area contributed by atoms with Crippen LogP contribution in [0.2, 0.25) is 0 Å². The molecule has 2 atom stereocenters. The van der Waals surface area contributed by atoms with Gasteiger partial charge in [-0.1, -0.05) is 6.07 Å². The van der Waals surface area contributed by atoms with Crippen molar-refractivity contribution in [3.63, 3.8) is 0 Å². The Kier molecular flexibility index (Phi) is 3.89. The van der Waals surface area contributed by atoms with E-state index in [4.69, 9.17) is 15.2 Å². The van der Waals surface area contributed by atoms with Crippen LogP contribution in [0, 0.1) is 6.92 Å². The molecule has 3 heteroatoms. The number of rotatable bonds is 3. The Hall–Kier alpha value is -1.22. The number of benzene rings is 1. The quantitative estimate of drug-likeness (QED) is 0.876. The Bertz CT molecular complexity index is 378. The van der Waals surface area contributed by atoms with Crippen LogP contribution in [0.15, 0.2) is 18.2 Å². The minimum atomic E-state index is 0.232. The Balaban J connectivity index is 2.07. The van der Waals surface area contributed by atoms with Crippen LogP contribution in [0.3, 0.4) is 0 Å². The molecule has 0 amide bonds. The molecule has 0 bridgehead atoms. The van der Waals surface area contributed by atoms with Crippen molar-refractivity contribution < 1.29 is 9.47 Å². The molecular weight excluding hydrogens is 214 g/mol. The third-order valence-electron chi connectivity index (χ3n) is 3.28. The molecule has 1 aliphatic carbocycles. The summed E-state index contributed by atoms with van der Waals surface area (Å²) in [5, 5.41) is 0. The van der Waals surface area contributed by atoms with Crippen LogP contribution >= 0.6 is 0 Å². The fourth-order valence-electron chi connectivity index (χ4n) is 2.34. The lowest BCUT2D eigenvalue weighted by Gasteiger charge is -2.27. The Morgan fingerprint density at radius 3 is 2.76 bits per heavy atom. The highest BCUT2D eigenvalue weighted by Crippen LogP contribution is 2.31. The van der Waals surface area contributed by atoms with Crippen LogP contribution in [0.1, 0.15) is 31.2 Å². The molecular formula is C14H21NO2. The van der Waals surface area contributed by atoms with E-state index in [-0.39, 0.29) is 12.1 Å². The van der Waals surface area contributed by atoms with Gasteiger partial charge in [0.05, 0.1) is 7.11 Å². The van der Waals surface area contributed by atoms with Gasteiger partial charge in [-0.15, -0.1) is 0 Å². The number of methoxy groups -OCH3 is 1. The molecule has 0 saturated heterocycles. The predicted octanol–water partition coefficient (Wildman–Crippen LogP) is 2.65. The molecule has 17 heavy (non-hydrogen) atoms. The Labute approximate surface area is 103 Å². The van der Waals surface area contributed by atoms with Gasteiger partial charge in [0.1, 0.15) is 6.10 Å². The van der Waals surface area contributed by atoms with E-state index in [1.165, 1.54) is 5.56 Å². The number of aryl methyl sites for hydroxylation is 1. The molecule has 3 nitrogen and oxygen atoms in total. The maximum atomic E-state index is 6.00. The van der Waals surface area contributed by atoms with Crippen molar-refractivity contribution in [2.24, 2.45) is 5.73 Å². The minimum Gasteiger partial charge on any atom is -0.493 e. The van der Waals surface area contributed by atoms with Gasteiger partial charge < -0.3 is 15.2 Å². The highest BCUT2D eigenvalue weighted by Gasteiger charge is 2.21. The van der Waals surface area contributed by atoms with Gasteiger partial charge in [-0.05, 0) is 50.3 Å². The Morgan fingerprint density at radius 1 is 1.24 bits per heavy atom. The monoisotopic (exact) mass is 235 g/mol. The highest BCUT2D eigenvalue weighted by atomic mass is 16.5. The topological polar surface area (TPSA) is 44.5 Å². The second-order valence-corrected chi connectivity index (χ2v) is 4.82. The molecule has 2 unspecified atom stereocenters. The molecule has 1 aromatic carbocycles. The molecule has 1 saturated carbocycles. The van der Waals surface area contributed by atoms with E-state index < -0.39 is 0 Å². The lowest BCUT2D eigenvalue weighted by atomic mass is 9.93. The van der Waals surface area contributed by atoms with Crippen molar-refractivity contribution in [3.05, 3.63) is 23.8 Å². The molecule has 2 rings (SSSR count). The maximum Gasteiger partial charge on any atom is 0.161 e. The molecule has 0 spiro atoms. The van der Waals surface area contributed by atoms with Crippen molar-refractivity contribution in [1.82, 2.24) is 0 Å². The summed E-state index contributed by atoms with van der Waals surface area (Å²) in [7, 11) is 1.67. The van der Waals surface area contributed by atoms with Crippen LogP contribution in [0.5, 0.6) is 11.5 Å². The van der Waals surface area contributed by atoms with Crippen LogP contribution in [-0.2, 0) is 0 Å². The summed E-state index contributed by atoms with van der Waals surface area (Å²) in [6.45, 7) is 2.04. The van der Waals surface area contributed by atoms with Crippen LogP contribution in [0.25, 0.3) is 0 Å². The van der Waals surface area contributed by atoms with Gasteiger partial charge >= 0.3 is 0 Å². The lowest BCUT2D eigenvalue weighted by Crippen LogP contribution is -2.33. The van der Waals surface area contributed by atoms with Crippen molar-refractivity contribution in [2.75, 3.05) is 7.11 Å². The summed E-state index contributed by atoms with van der Waals surface area (Å²) >= 11 is 0. The largest absolute Gasteiger partial charge is 0.493 e. The van der Waals surface area contributed by atoms with E-state index in [1.807, 2.05) is 25.1 Å². The van der Waals surface area contributed by atoms with E-state index in [9.17, 15) is 0 Å². The van der Waals surface area contributed by atoms with Gasteiger partial charge in [-0.2, -0.15) is 0 Å². The first kappa shape index (κ1) is 12.2. The molecule has 94 valence electrons. The first-order valence-corrected chi connectivity index (χ1v) is 6.26. The smallest absolute Gasteiger partial charge is 0.161 e. The van der Waals surface area contributed by atoms with E-state index in [0.717, 1.165) is 37.2 Å². The SMILES string of the molecule is COc1cc(C)ccc1OC1CCCC(N)C1. The number of hydrogen-bond donors (Lipinski definition) is 1. The maximum absolute atomic E-state index is 6.00. The van der Waals surface area contributed by atoms with Gasteiger partial charge in [0.2, 0.25) is 0 Å². The molecule has 1 fully saturated rings. The molecule has 2 N–H and O–H groups in total. The van der Waals surface area contributed by atoms with Gasteiger partial charge in [-0.3, -0.25) is 0 Å². The van der Waals surface area contributed by atoms with Gasteiger partial charge in [0.25, 0.3) is 0 Å². The lowest BCUT2D eigenvalue weighted by molar-refractivity contribution is 0.139. The second kappa shape index (κ2) is 5.41. The first-order valence-electron chi connectivity index (χ1n) is 6.26. The standard InChI is InChI=1S/C14H21NO2/c1-10-6-7-13(14(8-10)16-2)17-12-5-3-4-11(15)9-12/h6-8,11-12H,3-5,9,15H2,1-2H3. The predicted molar refractivity (Wildman–Crippen MR) is 68.6 cm³/mol. The van der Waals surface area contributed by atoms with Crippen LogP contribution < -0.4 is 15.2 Å². The molecule has 0 aromatic heterocycles. The highest BCUT2D eigenvalue weighted by molar-refractivity contribution is 5.42. The minimum absolute atomic E-state index is 0.232. The zero-order chi connectivity index (χ0) is 12.3. The fourth-order valence-corrected chi connectivity index (χ4v) is 2.34. The third kappa shape index (κ3) is 3.13. The zero-order valence-electron chi connectivity index (χ0n) is 10.6. The van der Waals surface area contributed by atoms with Gasteiger partial charge in [-0.25, -0.2) is 0 Å². The first-order chi connectivity index (χ1) is 8.19.